The molecule has 4 rings (SSSR count). The molecule has 0 radical (unpaired) electrons. The van der Waals surface area contributed by atoms with Gasteiger partial charge in [-0.3, -0.25) is 4.79 Å². The van der Waals surface area contributed by atoms with Crippen LogP contribution in [0.15, 0.2) is 46.0 Å². The number of hydrogen-bond acceptors (Lipinski definition) is 5. The highest BCUT2D eigenvalue weighted by Gasteiger charge is 2.63. The Balaban J connectivity index is 1.66. The Kier molecular flexibility index (Phi) is 4.14. The molecule has 2 fully saturated rings. The summed E-state index contributed by atoms with van der Waals surface area (Å²) in [6.45, 7) is 0. The minimum absolute atomic E-state index is 0.0876. The number of rotatable bonds is 5. The van der Waals surface area contributed by atoms with Gasteiger partial charge in [-0.15, -0.1) is 0 Å². The van der Waals surface area contributed by atoms with Crippen LogP contribution in [0.1, 0.15) is 37.7 Å². The molecule has 1 aromatic carbocycles. The first-order valence-electron chi connectivity index (χ1n) is 8.94. The van der Waals surface area contributed by atoms with Crippen LogP contribution in [0.5, 0.6) is 0 Å². The van der Waals surface area contributed by atoms with Gasteiger partial charge in [0.2, 0.25) is 5.91 Å². The molecule has 0 bridgehead atoms. The van der Waals surface area contributed by atoms with Crippen LogP contribution in [0.4, 0.5) is 5.82 Å². The zero-order valence-electron chi connectivity index (χ0n) is 14.6. The topological polar surface area (TPSA) is 89.3 Å². The van der Waals surface area contributed by atoms with Gasteiger partial charge in [0, 0.05) is 12.3 Å². The van der Waals surface area contributed by atoms with Gasteiger partial charge in [0.05, 0.1) is 10.3 Å². The Labute approximate surface area is 152 Å². The molecule has 1 heterocycles. The van der Waals surface area contributed by atoms with Crippen molar-refractivity contribution < 1.29 is 17.7 Å². The average molecular weight is 374 g/mol. The third kappa shape index (κ3) is 2.94. The molecule has 2 aromatic rings. The first-order valence-corrected chi connectivity index (χ1v) is 10.8. The highest BCUT2D eigenvalue weighted by Crippen LogP contribution is 2.61. The maximum absolute atomic E-state index is 13.1. The van der Waals surface area contributed by atoms with Crippen LogP contribution in [0, 0.1) is 11.8 Å². The maximum atomic E-state index is 13.1. The highest BCUT2D eigenvalue weighted by molar-refractivity contribution is 7.90. The zero-order chi connectivity index (χ0) is 18.4. The van der Waals surface area contributed by atoms with E-state index in [1.54, 1.807) is 30.3 Å². The summed E-state index contributed by atoms with van der Waals surface area (Å²) in [6.07, 6.45) is 8.15. The molecule has 1 N–H and O–H groups in total. The molecule has 2 saturated carbocycles. The molecule has 7 heteroatoms. The summed E-state index contributed by atoms with van der Waals surface area (Å²) in [5.41, 5.74) is 0.270. The quantitative estimate of drug-likeness (QED) is 0.868. The van der Waals surface area contributed by atoms with Crippen LogP contribution in [-0.4, -0.2) is 25.7 Å². The Morgan fingerprint density at radius 3 is 2.46 bits per heavy atom. The summed E-state index contributed by atoms with van der Waals surface area (Å²) >= 11 is 0. The van der Waals surface area contributed by atoms with E-state index in [1.807, 2.05) is 0 Å². The Morgan fingerprint density at radius 1 is 1.19 bits per heavy atom. The summed E-state index contributed by atoms with van der Waals surface area (Å²) in [7, 11) is -3.26. The largest absolute Gasteiger partial charge is 0.363 e. The minimum atomic E-state index is -3.26. The lowest BCUT2D eigenvalue weighted by molar-refractivity contribution is -0.119. The third-order valence-electron chi connectivity index (χ3n) is 5.87. The van der Waals surface area contributed by atoms with Gasteiger partial charge in [0.15, 0.2) is 15.7 Å². The molecule has 26 heavy (non-hydrogen) atoms. The summed E-state index contributed by atoms with van der Waals surface area (Å²) in [5.74, 6) is 1.16. The van der Waals surface area contributed by atoms with Crippen molar-refractivity contribution in [3.8, 4) is 0 Å². The van der Waals surface area contributed by atoms with Crippen molar-refractivity contribution in [1.29, 1.82) is 0 Å². The van der Waals surface area contributed by atoms with Crippen molar-refractivity contribution in [2.75, 3.05) is 11.6 Å². The van der Waals surface area contributed by atoms with Gasteiger partial charge in [-0.1, -0.05) is 43.0 Å². The van der Waals surface area contributed by atoms with E-state index in [1.165, 1.54) is 25.4 Å². The van der Waals surface area contributed by atoms with Gasteiger partial charge in [-0.25, -0.2) is 8.42 Å². The van der Waals surface area contributed by atoms with E-state index >= 15 is 0 Å². The lowest BCUT2D eigenvalue weighted by Crippen LogP contribution is -2.31. The van der Waals surface area contributed by atoms with Gasteiger partial charge in [-0.05, 0) is 36.0 Å². The Hall–Kier alpha value is -2.15. The van der Waals surface area contributed by atoms with Crippen molar-refractivity contribution in [3.63, 3.8) is 0 Å². The molecular formula is C19H22N2O4S. The number of aromatic nitrogens is 1. The smallest absolute Gasteiger partial charge is 0.236 e. The second kappa shape index (κ2) is 6.23. The lowest BCUT2D eigenvalue weighted by atomic mass is 9.86. The minimum Gasteiger partial charge on any atom is -0.363 e. The molecule has 0 spiro atoms. The molecule has 2 aliphatic carbocycles. The summed E-state index contributed by atoms with van der Waals surface area (Å²) in [6, 6.07) is 8.38. The molecule has 0 aliphatic heterocycles. The van der Waals surface area contributed by atoms with E-state index in [0.717, 1.165) is 24.8 Å². The second-order valence-electron chi connectivity index (χ2n) is 7.46. The number of benzene rings is 1. The van der Waals surface area contributed by atoms with Crippen LogP contribution >= 0.6 is 0 Å². The number of nitrogens with zero attached hydrogens (tertiary/aromatic N) is 1. The molecule has 6 nitrogen and oxygen atoms in total. The van der Waals surface area contributed by atoms with Gasteiger partial charge in [0.25, 0.3) is 0 Å². The fourth-order valence-electron chi connectivity index (χ4n) is 4.45. The number of amides is 1. The molecule has 138 valence electrons. The first-order chi connectivity index (χ1) is 12.4. The third-order valence-corrected chi connectivity index (χ3v) is 6.99. The summed E-state index contributed by atoms with van der Waals surface area (Å²) in [5, 5.41) is 6.63. The zero-order valence-corrected chi connectivity index (χ0v) is 15.5. The van der Waals surface area contributed by atoms with E-state index in [9.17, 15) is 13.2 Å². The molecular weight excluding hydrogens is 352 g/mol. The predicted octanol–water partition coefficient (Wildman–Crippen LogP) is 3.16. The van der Waals surface area contributed by atoms with E-state index in [-0.39, 0.29) is 10.8 Å². The number of carbonyl (C=O) groups is 1. The van der Waals surface area contributed by atoms with Gasteiger partial charge in [-0.2, -0.15) is 0 Å². The average Bonchev–Trinajstić information content (AvgIpc) is 2.97. The van der Waals surface area contributed by atoms with Crippen LogP contribution in [0.3, 0.4) is 0 Å². The second-order valence-corrected chi connectivity index (χ2v) is 9.48. The van der Waals surface area contributed by atoms with E-state index in [0.29, 0.717) is 17.7 Å². The number of anilines is 1. The van der Waals surface area contributed by atoms with Crippen LogP contribution < -0.4 is 5.32 Å². The fraction of sp³-hybridized carbons (Fsp3) is 0.474. The van der Waals surface area contributed by atoms with Crippen LogP contribution in [-0.2, 0) is 20.0 Å². The Bertz CT molecular complexity index is 900. The highest BCUT2D eigenvalue weighted by atomic mass is 32.2. The van der Waals surface area contributed by atoms with Gasteiger partial charge >= 0.3 is 0 Å². The molecule has 2 aliphatic rings. The lowest BCUT2D eigenvalue weighted by Gasteiger charge is -2.20. The molecule has 0 unspecified atom stereocenters. The molecule has 1 aromatic heterocycles. The normalized spacial score (nSPS) is 26.0. The monoisotopic (exact) mass is 374 g/mol. The van der Waals surface area contributed by atoms with Crippen LogP contribution in [0.2, 0.25) is 0 Å². The van der Waals surface area contributed by atoms with Crippen molar-refractivity contribution in [1.82, 2.24) is 5.16 Å². The first kappa shape index (κ1) is 17.3. The van der Waals surface area contributed by atoms with Crippen molar-refractivity contribution >= 4 is 21.6 Å². The molecule has 1 amide bonds. The number of carbonyl (C=O) groups excluding carboxylic acids is 1. The number of hydrogen-bond donors (Lipinski definition) is 1. The van der Waals surface area contributed by atoms with Crippen molar-refractivity contribution in [2.45, 2.75) is 42.4 Å². The Morgan fingerprint density at radius 2 is 1.88 bits per heavy atom. The summed E-state index contributed by atoms with van der Waals surface area (Å²) in [4.78, 5) is 13.4. The van der Waals surface area contributed by atoms with Crippen LogP contribution in [0.25, 0.3) is 0 Å². The fourth-order valence-corrected chi connectivity index (χ4v) is 5.08. The predicted molar refractivity (Wildman–Crippen MR) is 96.4 cm³/mol. The molecule has 0 saturated heterocycles. The van der Waals surface area contributed by atoms with Gasteiger partial charge in [0.1, 0.15) is 6.26 Å². The SMILES string of the molecule is CS(=O)(=O)c1ccc([C@@]2(C(=O)Nc3ccon3)C[C@H]2C2CCCC2)cc1. The van der Waals surface area contributed by atoms with E-state index in [4.69, 9.17) is 4.52 Å². The van der Waals surface area contributed by atoms with E-state index < -0.39 is 15.3 Å². The van der Waals surface area contributed by atoms with Crippen molar-refractivity contribution in [3.05, 3.63) is 42.2 Å². The molecule has 2 atom stereocenters. The van der Waals surface area contributed by atoms with Crippen molar-refractivity contribution in [2.24, 2.45) is 11.8 Å². The standard InChI is InChI=1S/C19H22N2O4S/c1-26(23,24)15-8-6-14(7-9-15)19(12-16(19)13-4-2-3-5-13)18(22)20-17-10-11-25-21-17/h6-11,13,16H,2-5,12H2,1H3,(H,20,21,22)/t16-,19-/m0/s1. The number of nitrogens with one attached hydrogen (secondary N) is 1. The van der Waals surface area contributed by atoms with E-state index in [2.05, 4.69) is 10.5 Å². The summed E-state index contributed by atoms with van der Waals surface area (Å²) < 4.78 is 28.3. The maximum Gasteiger partial charge on any atom is 0.236 e. The van der Waals surface area contributed by atoms with Gasteiger partial charge < -0.3 is 9.84 Å². The number of sulfone groups is 1.